The number of aliphatic hydroxyl groups is 1. The van der Waals surface area contributed by atoms with E-state index in [-0.39, 0.29) is 6.61 Å². The zero-order valence-electron chi connectivity index (χ0n) is 10.1. The van der Waals surface area contributed by atoms with Gasteiger partial charge in [-0.25, -0.2) is 4.98 Å². The quantitative estimate of drug-likeness (QED) is 0.877. The smallest absolute Gasteiger partial charge is 0.133 e. The van der Waals surface area contributed by atoms with Crippen molar-refractivity contribution in [3.05, 3.63) is 53.7 Å². The molecule has 0 aliphatic heterocycles. The Morgan fingerprint density at radius 1 is 1.12 bits per heavy atom. The molecule has 0 amide bonds. The molecule has 2 rings (SSSR count). The van der Waals surface area contributed by atoms with E-state index >= 15 is 0 Å². The molecule has 88 valence electrons. The second kappa shape index (κ2) is 4.97. The van der Waals surface area contributed by atoms with E-state index in [2.05, 4.69) is 36.2 Å². The fourth-order valence-corrected chi connectivity index (χ4v) is 1.64. The summed E-state index contributed by atoms with van der Waals surface area (Å²) in [6.07, 6.45) is 0. The number of nitrogens with zero attached hydrogens (tertiary/aromatic N) is 2. The summed E-state index contributed by atoms with van der Waals surface area (Å²) in [7, 11) is 1.97. The van der Waals surface area contributed by atoms with Gasteiger partial charge in [0.1, 0.15) is 5.82 Å². The fourth-order valence-electron chi connectivity index (χ4n) is 1.64. The molecule has 0 radical (unpaired) electrons. The number of benzene rings is 1. The fraction of sp³-hybridized carbons (Fsp3) is 0.214. The van der Waals surface area contributed by atoms with Crippen LogP contribution < -0.4 is 4.90 Å². The molecule has 0 unspecified atom stereocenters. The molecule has 3 nitrogen and oxygen atoms in total. The highest BCUT2D eigenvalue weighted by Gasteiger charge is 2.05. The van der Waals surface area contributed by atoms with Crippen molar-refractivity contribution in [2.75, 3.05) is 11.9 Å². The monoisotopic (exact) mass is 228 g/mol. The summed E-state index contributed by atoms with van der Waals surface area (Å²) >= 11 is 0. The molecular formula is C14H16N2O. The lowest BCUT2D eigenvalue weighted by atomic mass is 10.2. The van der Waals surface area contributed by atoms with Crippen LogP contribution in [-0.4, -0.2) is 17.1 Å². The van der Waals surface area contributed by atoms with Gasteiger partial charge in [0, 0.05) is 12.7 Å². The third-order valence-corrected chi connectivity index (χ3v) is 2.72. The molecule has 0 saturated carbocycles. The maximum Gasteiger partial charge on any atom is 0.133 e. The highest BCUT2D eigenvalue weighted by Crippen LogP contribution is 2.21. The molecule has 1 aromatic heterocycles. The van der Waals surface area contributed by atoms with E-state index in [1.165, 1.54) is 5.56 Å². The van der Waals surface area contributed by atoms with Gasteiger partial charge in [0.2, 0.25) is 0 Å². The maximum atomic E-state index is 9.07. The second-order valence-electron chi connectivity index (χ2n) is 4.04. The third kappa shape index (κ3) is 2.63. The number of hydrogen-bond acceptors (Lipinski definition) is 3. The first kappa shape index (κ1) is 11.6. The predicted molar refractivity (Wildman–Crippen MR) is 69.4 cm³/mol. The van der Waals surface area contributed by atoms with Crippen LogP contribution >= 0.6 is 0 Å². The molecule has 0 atom stereocenters. The number of rotatable bonds is 3. The van der Waals surface area contributed by atoms with Gasteiger partial charge in [0.05, 0.1) is 12.3 Å². The van der Waals surface area contributed by atoms with E-state index in [4.69, 9.17) is 5.11 Å². The van der Waals surface area contributed by atoms with Crippen LogP contribution in [-0.2, 0) is 6.61 Å². The zero-order valence-corrected chi connectivity index (χ0v) is 10.1. The van der Waals surface area contributed by atoms with E-state index < -0.39 is 0 Å². The minimum atomic E-state index is -0.0322. The number of aromatic nitrogens is 1. The van der Waals surface area contributed by atoms with Crippen LogP contribution in [0, 0.1) is 6.92 Å². The van der Waals surface area contributed by atoms with E-state index in [0.717, 1.165) is 11.5 Å². The number of aryl methyl sites for hydroxylation is 1. The summed E-state index contributed by atoms with van der Waals surface area (Å²) in [5.74, 6) is 0.834. The van der Waals surface area contributed by atoms with Gasteiger partial charge in [-0.2, -0.15) is 0 Å². The highest BCUT2D eigenvalue weighted by molar-refractivity contribution is 5.59. The van der Waals surface area contributed by atoms with Gasteiger partial charge in [0.15, 0.2) is 0 Å². The Hall–Kier alpha value is -1.87. The normalized spacial score (nSPS) is 10.3. The van der Waals surface area contributed by atoms with Crippen molar-refractivity contribution in [3.63, 3.8) is 0 Å². The number of aliphatic hydroxyl groups excluding tert-OH is 1. The molecule has 1 heterocycles. The summed E-state index contributed by atoms with van der Waals surface area (Å²) < 4.78 is 0. The molecule has 0 bridgehead atoms. The first-order chi connectivity index (χ1) is 8.20. The molecule has 1 N–H and O–H groups in total. The minimum absolute atomic E-state index is 0.0322. The van der Waals surface area contributed by atoms with Gasteiger partial charge in [-0.05, 0) is 31.2 Å². The first-order valence-electron chi connectivity index (χ1n) is 5.58. The largest absolute Gasteiger partial charge is 0.390 e. The van der Waals surface area contributed by atoms with Crippen LogP contribution in [0.2, 0.25) is 0 Å². The van der Waals surface area contributed by atoms with Gasteiger partial charge in [-0.1, -0.05) is 23.8 Å². The molecule has 0 fully saturated rings. The van der Waals surface area contributed by atoms with Crippen LogP contribution in [0.5, 0.6) is 0 Å². The SMILES string of the molecule is Cc1ccc(N(C)c2cccc(CO)n2)cc1. The number of anilines is 2. The van der Waals surface area contributed by atoms with E-state index in [0.29, 0.717) is 5.69 Å². The molecule has 0 spiro atoms. The molecule has 2 aromatic rings. The van der Waals surface area contributed by atoms with Crippen molar-refractivity contribution in [1.82, 2.24) is 4.98 Å². The van der Waals surface area contributed by atoms with Gasteiger partial charge in [-0.3, -0.25) is 0 Å². The minimum Gasteiger partial charge on any atom is -0.390 e. The topological polar surface area (TPSA) is 36.4 Å². The Morgan fingerprint density at radius 2 is 1.82 bits per heavy atom. The van der Waals surface area contributed by atoms with E-state index in [1.54, 1.807) is 0 Å². The zero-order chi connectivity index (χ0) is 12.3. The summed E-state index contributed by atoms with van der Waals surface area (Å²) in [5.41, 5.74) is 3.00. The Bertz CT molecular complexity index is 494. The van der Waals surface area contributed by atoms with Crippen LogP contribution in [0.1, 0.15) is 11.3 Å². The average molecular weight is 228 g/mol. The highest BCUT2D eigenvalue weighted by atomic mass is 16.3. The molecule has 0 aliphatic rings. The van der Waals surface area contributed by atoms with E-state index in [1.807, 2.05) is 30.1 Å². The van der Waals surface area contributed by atoms with Crippen LogP contribution in [0.3, 0.4) is 0 Å². The van der Waals surface area contributed by atoms with Gasteiger partial charge >= 0.3 is 0 Å². The predicted octanol–water partition coefficient (Wildman–Crippen LogP) is 2.65. The number of pyridine rings is 1. The van der Waals surface area contributed by atoms with Crippen molar-refractivity contribution in [2.45, 2.75) is 13.5 Å². The molecule has 0 saturated heterocycles. The van der Waals surface area contributed by atoms with Crippen LogP contribution in [0.25, 0.3) is 0 Å². The summed E-state index contributed by atoms with van der Waals surface area (Å²) in [6.45, 7) is 2.03. The van der Waals surface area contributed by atoms with Crippen molar-refractivity contribution in [3.8, 4) is 0 Å². The molecule has 17 heavy (non-hydrogen) atoms. The van der Waals surface area contributed by atoms with Gasteiger partial charge in [-0.15, -0.1) is 0 Å². The Balaban J connectivity index is 2.29. The Morgan fingerprint density at radius 3 is 2.47 bits per heavy atom. The third-order valence-electron chi connectivity index (χ3n) is 2.72. The Labute approximate surface area is 101 Å². The maximum absolute atomic E-state index is 9.07. The standard InChI is InChI=1S/C14H16N2O/c1-11-6-8-13(9-7-11)16(2)14-5-3-4-12(10-17)15-14/h3-9,17H,10H2,1-2H3. The Kier molecular flexibility index (Phi) is 3.40. The molecule has 0 aliphatic carbocycles. The van der Waals surface area contributed by atoms with Crippen molar-refractivity contribution in [2.24, 2.45) is 0 Å². The van der Waals surface area contributed by atoms with Crippen LogP contribution in [0.15, 0.2) is 42.5 Å². The average Bonchev–Trinajstić information content (AvgIpc) is 2.39. The van der Waals surface area contributed by atoms with Gasteiger partial charge < -0.3 is 10.0 Å². The summed E-state index contributed by atoms with van der Waals surface area (Å²) in [5, 5.41) is 9.07. The summed E-state index contributed by atoms with van der Waals surface area (Å²) in [4.78, 5) is 6.36. The summed E-state index contributed by atoms with van der Waals surface area (Å²) in [6, 6.07) is 13.9. The number of hydrogen-bond donors (Lipinski definition) is 1. The molecular weight excluding hydrogens is 212 g/mol. The molecule has 3 heteroatoms. The van der Waals surface area contributed by atoms with E-state index in [9.17, 15) is 0 Å². The van der Waals surface area contributed by atoms with Crippen molar-refractivity contribution in [1.29, 1.82) is 0 Å². The second-order valence-corrected chi connectivity index (χ2v) is 4.04. The lowest BCUT2D eigenvalue weighted by Gasteiger charge is -2.18. The van der Waals surface area contributed by atoms with Crippen LogP contribution in [0.4, 0.5) is 11.5 Å². The molecule has 1 aromatic carbocycles. The lowest BCUT2D eigenvalue weighted by molar-refractivity contribution is 0.277. The van der Waals surface area contributed by atoms with Gasteiger partial charge in [0.25, 0.3) is 0 Å². The lowest BCUT2D eigenvalue weighted by Crippen LogP contribution is -2.11. The first-order valence-corrected chi connectivity index (χ1v) is 5.58. The van der Waals surface area contributed by atoms with Crippen molar-refractivity contribution >= 4 is 11.5 Å². The van der Waals surface area contributed by atoms with Crippen molar-refractivity contribution < 1.29 is 5.11 Å².